The summed E-state index contributed by atoms with van der Waals surface area (Å²) in [5.74, 6) is 5.30. The molecule has 0 aliphatic heterocycles. The first-order chi connectivity index (χ1) is 8.63. The molecule has 4 heteroatoms. The Hall–Kier alpha value is -2.33. The second-order valence-electron chi connectivity index (χ2n) is 3.61. The van der Waals surface area contributed by atoms with Gasteiger partial charge in [-0.1, -0.05) is 18.2 Å². The molecule has 0 radical (unpaired) electrons. The van der Waals surface area contributed by atoms with E-state index >= 15 is 0 Å². The van der Waals surface area contributed by atoms with E-state index in [1.54, 1.807) is 12.1 Å². The van der Waals surface area contributed by atoms with Gasteiger partial charge in [-0.3, -0.25) is 10.6 Å². The number of nitrogens with one attached hydrogen (secondary N) is 1. The molecule has 0 bridgehead atoms. The fourth-order valence-electron chi connectivity index (χ4n) is 1.23. The van der Waals surface area contributed by atoms with E-state index in [1.807, 2.05) is 30.3 Å². The third kappa shape index (κ3) is 4.67. The summed E-state index contributed by atoms with van der Waals surface area (Å²) in [6.45, 7) is 1.49. The van der Waals surface area contributed by atoms with E-state index in [0.29, 0.717) is 5.56 Å². The molecule has 0 aromatic heterocycles. The van der Waals surface area contributed by atoms with E-state index in [1.165, 1.54) is 19.1 Å². The van der Waals surface area contributed by atoms with Gasteiger partial charge >= 0.3 is 0 Å². The number of rotatable bonds is 2. The van der Waals surface area contributed by atoms with Crippen LogP contribution in [0.3, 0.4) is 0 Å². The number of ketones is 1. The lowest BCUT2D eigenvalue weighted by atomic mass is 10.1. The van der Waals surface area contributed by atoms with Crippen LogP contribution in [0.25, 0.3) is 0 Å². The molecule has 0 amide bonds. The Bertz CT molecular complexity index is 481. The molecule has 18 heavy (non-hydrogen) atoms. The lowest BCUT2D eigenvalue weighted by Gasteiger charge is -1.94. The number of hydrazine groups is 1. The maximum atomic E-state index is 10.7. The van der Waals surface area contributed by atoms with Gasteiger partial charge in [0.05, 0.1) is 0 Å². The Morgan fingerprint density at radius 1 is 1.06 bits per heavy atom. The van der Waals surface area contributed by atoms with Gasteiger partial charge in [-0.2, -0.15) is 0 Å². The fraction of sp³-hybridized carbons (Fsp3) is 0.0714. The van der Waals surface area contributed by atoms with E-state index in [2.05, 4.69) is 5.43 Å². The zero-order valence-corrected chi connectivity index (χ0v) is 10.1. The first-order valence-electron chi connectivity index (χ1n) is 5.45. The van der Waals surface area contributed by atoms with Crippen molar-refractivity contribution >= 4 is 11.5 Å². The third-order valence-corrected chi connectivity index (χ3v) is 2.21. The largest absolute Gasteiger partial charge is 0.508 e. The molecule has 94 valence electrons. The average Bonchev–Trinajstić information content (AvgIpc) is 2.41. The lowest BCUT2D eigenvalue weighted by Crippen LogP contribution is -2.05. The van der Waals surface area contributed by atoms with Crippen LogP contribution in [0.5, 0.6) is 5.75 Å². The molecule has 0 saturated carbocycles. The zero-order chi connectivity index (χ0) is 13.4. The molecule has 0 heterocycles. The molecule has 0 unspecified atom stereocenters. The van der Waals surface area contributed by atoms with Crippen LogP contribution in [0.4, 0.5) is 5.69 Å². The van der Waals surface area contributed by atoms with Gasteiger partial charge in [0, 0.05) is 11.3 Å². The van der Waals surface area contributed by atoms with Gasteiger partial charge in [0.15, 0.2) is 5.78 Å². The van der Waals surface area contributed by atoms with Crippen molar-refractivity contribution in [3.8, 4) is 5.75 Å². The zero-order valence-electron chi connectivity index (χ0n) is 10.1. The quantitative estimate of drug-likeness (QED) is 0.431. The van der Waals surface area contributed by atoms with Crippen LogP contribution in [-0.4, -0.2) is 10.9 Å². The van der Waals surface area contributed by atoms with E-state index in [9.17, 15) is 4.79 Å². The highest BCUT2D eigenvalue weighted by atomic mass is 16.3. The number of anilines is 1. The summed E-state index contributed by atoms with van der Waals surface area (Å²) in [5, 5.41) is 8.83. The van der Waals surface area contributed by atoms with Crippen LogP contribution >= 0.6 is 0 Å². The smallest absolute Gasteiger partial charge is 0.159 e. The summed E-state index contributed by atoms with van der Waals surface area (Å²) < 4.78 is 0. The van der Waals surface area contributed by atoms with Crippen LogP contribution in [0, 0.1) is 0 Å². The van der Waals surface area contributed by atoms with Crippen molar-refractivity contribution in [2.24, 2.45) is 5.84 Å². The maximum absolute atomic E-state index is 10.7. The molecule has 0 fully saturated rings. The van der Waals surface area contributed by atoms with Crippen LogP contribution in [-0.2, 0) is 0 Å². The number of benzene rings is 2. The van der Waals surface area contributed by atoms with Crippen LogP contribution in [0.1, 0.15) is 17.3 Å². The van der Waals surface area contributed by atoms with Crippen molar-refractivity contribution in [1.82, 2.24) is 0 Å². The molecule has 2 aromatic carbocycles. The lowest BCUT2D eigenvalue weighted by molar-refractivity contribution is 0.101. The number of nitrogen functional groups attached to an aromatic ring is 1. The highest BCUT2D eigenvalue weighted by Crippen LogP contribution is 2.09. The number of carbonyl (C=O) groups is 1. The molecular formula is C14H16N2O2. The van der Waals surface area contributed by atoms with E-state index in [0.717, 1.165) is 5.69 Å². The Kier molecular flexibility index (Phi) is 5.41. The molecule has 0 aliphatic carbocycles. The molecule has 2 rings (SSSR count). The number of hydrogen-bond acceptors (Lipinski definition) is 4. The van der Waals surface area contributed by atoms with E-state index in [-0.39, 0.29) is 11.5 Å². The number of para-hydroxylation sites is 1. The van der Waals surface area contributed by atoms with Crippen LogP contribution < -0.4 is 11.3 Å². The van der Waals surface area contributed by atoms with Gasteiger partial charge in [0.25, 0.3) is 0 Å². The molecule has 0 spiro atoms. The number of nitrogens with two attached hydrogens (primary N) is 1. The first-order valence-corrected chi connectivity index (χ1v) is 5.45. The topological polar surface area (TPSA) is 75.3 Å². The van der Waals surface area contributed by atoms with Gasteiger partial charge < -0.3 is 10.5 Å². The third-order valence-electron chi connectivity index (χ3n) is 2.21. The Labute approximate surface area is 106 Å². The number of phenolic OH excluding ortho intramolecular Hbond substituents is 1. The number of phenols is 1. The number of Topliss-reactive ketones (excluding diaryl/α,β-unsaturated/α-hetero) is 1. The Morgan fingerprint density at radius 2 is 1.61 bits per heavy atom. The SMILES string of the molecule is CC(=O)c1ccc(O)cc1.NNc1ccccc1. The van der Waals surface area contributed by atoms with Gasteiger partial charge in [0.1, 0.15) is 5.75 Å². The second kappa shape index (κ2) is 7.09. The van der Waals surface area contributed by atoms with Crippen molar-refractivity contribution in [2.75, 3.05) is 5.43 Å². The molecule has 0 saturated heterocycles. The monoisotopic (exact) mass is 244 g/mol. The van der Waals surface area contributed by atoms with Crippen molar-refractivity contribution in [2.45, 2.75) is 6.92 Å². The van der Waals surface area contributed by atoms with E-state index < -0.39 is 0 Å². The van der Waals surface area contributed by atoms with Crippen LogP contribution in [0.2, 0.25) is 0 Å². The Balaban J connectivity index is 0.000000184. The predicted molar refractivity (Wildman–Crippen MR) is 72.4 cm³/mol. The number of hydrogen-bond donors (Lipinski definition) is 3. The normalized spacial score (nSPS) is 9.00. The summed E-state index contributed by atoms with van der Waals surface area (Å²) in [6.07, 6.45) is 0. The average molecular weight is 244 g/mol. The highest BCUT2D eigenvalue weighted by Gasteiger charge is 1.96. The van der Waals surface area contributed by atoms with Gasteiger partial charge in [-0.25, -0.2) is 0 Å². The molecule has 4 N–H and O–H groups in total. The highest BCUT2D eigenvalue weighted by molar-refractivity contribution is 5.94. The van der Waals surface area contributed by atoms with Crippen LogP contribution in [0.15, 0.2) is 54.6 Å². The minimum absolute atomic E-state index is 0.0139. The standard InChI is InChI=1S/C8H8O2.C6H8N2/c1-6(9)7-2-4-8(10)5-3-7;7-8-6-4-2-1-3-5-6/h2-5,10H,1H3;1-5,8H,7H2. The van der Waals surface area contributed by atoms with Gasteiger partial charge in [-0.05, 0) is 43.3 Å². The summed E-state index contributed by atoms with van der Waals surface area (Å²) in [4.78, 5) is 10.7. The summed E-state index contributed by atoms with van der Waals surface area (Å²) >= 11 is 0. The predicted octanol–water partition coefficient (Wildman–Crippen LogP) is 2.57. The molecule has 0 atom stereocenters. The fourth-order valence-corrected chi connectivity index (χ4v) is 1.23. The molecule has 2 aromatic rings. The summed E-state index contributed by atoms with van der Waals surface area (Å²) in [6, 6.07) is 15.8. The molecule has 0 aliphatic rings. The summed E-state index contributed by atoms with van der Waals surface area (Å²) in [7, 11) is 0. The number of aromatic hydroxyl groups is 1. The first kappa shape index (κ1) is 13.7. The molecule has 4 nitrogen and oxygen atoms in total. The van der Waals surface area contributed by atoms with Crippen molar-refractivity contribution < 1.29 is 9.90 Å². The summed E-state index contributed by atoms with van der Waals surface area (Å²) in [5.41, 5.74) is 4.09. The van der Waals surface area contributed by atoms with Crippen molar-refractivity contribution in [3.63, 3.8) is 0 Å². The minimum Gasteiger partial charge on any atom is -0.508 e. The molecular weight excluding hydrogens is 228 g/mol. The second-order valence-corrected chi connectivity index (χ2v) is 3.61. The number of carbonyl (C=O) groups excluding carboxylic acids is 1. The van der Waals surface area contributed by atoms with Gasteiger partial charge in [0.2, 0.25) is 0 Å². The van der Waals surface area contributed by atoms with Crippen molar-refractivity contribution in [1.29, 1.82) is 0 Å². The minimum atomic E-state index is 0.0139. The van der Waals surface area contributed by atoms with Gasteiger partial charge in [-0.15, -0.1) is 0 Å². The van der Waals surface area contributed by atoms with Crippen molar-refractivity contribution in [3.05, 3.63) is 60.2 Å². The van der Waals surface area contributed by atoms with E-state index in [4.69, 9.17) is 10.9 Å². The maximum Gasteiger partial charge on any atom is 0.159 e. The Morgan fingerprint density at radius 3 is 2.00 bits per heavy atom.